The molecule has 1 unspecified atom stereocenters. The Labute approximate surface area is 155 Å². The van der Waals surface area contributed by atoms with Gasteiger partial charge in [-0.1, -0.05) is 41.4 Å². The van der Waals surface area contributed by atoms with Crippen LogP contribution in [0.3, 0.4) is 0 Å². The first-order valence-corrected chi connectivity index (χ1v) is 8.47. The summed E-state index contributed by atoms with van der Waals surface area (Å²) >= 11 is 12.3. The lowest BCUT2D eigenvalue weighted by Gasteiger charge is -2.34. The van der Waals surface area contributed by atoms with Gasteiger partial charge in [-0.05, 0) is 29.8 Å². The van der Waals surface area contributed by atoms with Crippen molar-refractivity contribution in [3.63, 3.8) is 0 Å². The first-order chi connectivity index (χ1) is 12.0. The summed E-state index contributed by atoms with van der Waals surface area (Å²) in [5, 5.41) is 3.42. The van der Waals surface area contributed by atoms with Crippen LogP contribution in [0, 0.1) is 0 Å². The second kappa shape index (κ2) is 7.33. The highest BCUT2D eigenvalue weighted by Crippen LogP contribution is 2.34. The molecular formula is C18H16Cl2N2O3. The molecule has 7 heteroatoms. The van der Waals surface area contributed by atoms with Gasteiger partial charge in [-0.3, -0.25) is 9.59 Å². The summed E-state index contributed by atoms with van der Waals surface area (Å²) in [6.07, 6.45) is -0.738. The normalized spacial score (nSPS) is 16.0. The number of hydrogen-bond acceptors (Lipinski definition) is 3. The summed E-state index contributed by atoms with van der Waals surface area (Å²) in [7, 11) is 1.53. The molecule has 1 N–H and O–H groups in total. The van der Waals surface area contributed by atoms with Crippen LogP contribution in [0.5, 0.6) is 5.75 Å². The summed E-state index contributed by atoms with van der Waals surface area (Å²) in [5.74, 6) is -0.0105. The number of carbonyl (C=O) groups excluding carboxylic acids is 2. The Bertz CT molecular complexity index is 805. The number of rotatable bonds is 3. The minimum Gasteiger partial charge on any atom is -0.477 e. The number of nitrogens with zero attached hydrogens (tertiary/aromatic N) is 1. The smallest absolute Gasteiger partial charge is 0.262 e. The molecule has 0 aromatic heterocycles. The highest BCUT2D eigenvalue weighted by atomic mass is 35.5. The van der Waals surface area contributed by atoms with Crippen molar-refractivity contribution in [1.82, 2.24) is 5.32 Å². The van der Waals surface area contributed by atoms with Crippen molar-refractivity contribution >= 4 is 40.7 Å². The van der Waals surface area contributed by atoms with Gasteiger partial charge in [0.1, 0.15) is 5.75 Å². The Balaban J connectivity index is 1.91. The Morgan fingerprint density at radius 2 is 1.84 bits per heavy atom. The molecular weight excluding hydrogens is 363 g/mol. The largest absolute Gasteiger partial charge is 0.477 e. The summed E-state index contributed by atoms with van der Waals surface area (Å²) in [6.45, 7) is 0.123. The van der Waals surface area contributed by atoms with Gasteiger partial charge in [0.25, 0.3) is 5.91 Å². The fourth-order valence-electron chi connectivity index (χ4n) is 2.72. The zero-order valence-corrected chi connectivity index (χ0v) is 15.0. The molecule has 0 saturated carbocycles. The number of carbonyl (C=O) groups is 2. The maximum atomic E-state index is 12.9. The molecule has 0 fully saturated rings. The first kappa shape index (κ1) is 17.6. The number of likely N-dealkylation sites (N-methyl/N-ethyl adjacent to an activating group) is 1. The minimum absolute atomic E-state index is 0.0350. The van der Waals surface area contributed by atoms with Crippen LogP contribution in [0.15, 0.2) is 42.5 Å². The molecule has 0 spiro atoms. The fourth-order valence-corrected chi connectivity index (χ4v) is 3.25. The Morgan fingerprint density at radius 1 is 1.16 bits per heavy atom. The van der Waals surface area contributed by atoms with Crippen molar-refractivity contribution in [3.8, 4) is 5.75 Å². The van der Waals surface area contributed by atoms with Crippen LogP contribution >= 0.6 is 23.2 Å². The Hall–Kier alpha value is -2.24. The maximum Gasteiger partial charge on any atom is 0.262 e. The van der Waals surface area contributed by atoms with E-state index in [4.69, 9.17) is 27.9 Å². The molecule has 2 amide bonds. The van der Waals surface area contributed by atoms with E-state index >= 15 is 0 Å². The molecule has 1 heterocycles. The maximum absolute atomic E-state index is 12.9. The first-order valence-electron chi connectivity index (χ1n) is 7.71. The van der Waals surface area contributed by atoms with Gasteiger partial charge in [-0.15, -0.1) is 0 Å². The van der Waals surface area contributed by atoms with E-state index in [-0.39, 0.29) is 24.8 Å². The molecule has 0 radical (unpaired) electrons. The summed E-state index contributed by atoms with van der Waals surface area (Å²) in [5.41, 5.74) is 1.19. The second-order valence-corrected chi connectivity index (χ2v) is 6.38. The van der Waals surface area contributed by atoms with Crippen LogP contribution in [0.1, 0.15) is 5.56 Å². The van der Waals surface area contributed by atoms with E-state index in [1.807, 2.05) is 6.07 Å². The van der Waals surface area contributed by atoms with Gasteiger partial charge >= 0.3 is 0 Å². The third-order valence-electron chi connectivity index (χ3n) is 4.00. The average molecular weight is 379 g/mol. The Morgan fingerprint density at radius 3 is 2.52 bits per heavy atom. The predicted molar refractivity (Wildman–Crippen MR) is 97.4 cm³/mol. The van der Waals surface area contributed by atoms with Crippen LogP contribution < -0.4 is 15.0 Å². The lowest BCUT2D eigenvalue weighted by Crippen LogP contribution is -2.50. The molecule has 1 aliphatic heterocycles. The molecule has 0 bridgehead atoms. The minimum atomic E-state index is -0.773. The molecule has 2 aromatic carbocycles. The van der Waals surface area contributed by atoms with Gasteiger partial charge in [-0.2, -0.15) is 0 Å². The van der Waals surface area contributed by atoms with Crippen molar-refractivity contribution in [2.45, 2.75) is 12.5 Å². The van der Waals surface area contributed by atoms with E-state index in [0.717, 1.165) is 0 Å². The molecule has 2 aromatic rings. The van der Waals surface area contributed by atoms with Crippen molar-refractivity contribution in [1.29, 1.82) is 0 Å². The van der Waals surface area contributed by atoms with Gasteiger partial charge < -0.3 is 15.0 Å². The van der Waals surface area contributed by atoms with Crippen LogP contribution in [-0.2, 0) is 16.0 Å². The molecule has 5 nitrogen and oxygen atoms in total. The number of fused-ring (bicyclic) bond motifs is 1. The van der Waals surface area contributed by atoms with Gasteiger partial charge in [0.15, 0.2) is 6.10 Å². The SMILES string of the molecule is CNC(=O)C1CN(C(=O)Cc2c(Cl)cccc2Cl)c2ccccc2O1. The fraction of sp³-hybridized carbons (Fsp3) is 0.222. The lowest BCUT2D eigenvalue weighted by atomic mass is 10.1. The number of para-hydroxylation sites is 2. The second-order valence-electron chi connectivity index (χ2n) is 5.57. The predicted octanol–water partition coefficient (Wildman–Crippen LogP) is 3.08. The molecule has 0 aliphatic carbocycles. The Kier molecular flexibility index (Phi) is 5.16. The van der Waals surface area contributed by atoms with Crippen LogP contribution in [0.4, 0.5) is 5.69 Å². The monoisotopic (exact) mass is 378 g/mol. The number of amides is 2. The molecule has 1 atom stereocenters. The van der Waals surface area contributed by atoms with E-state index in [1.54, 1.807) is 41.3 Å². The topological polar surface area (TPSA) is 58.6 Å². The van der Waals surface area contributed by atoms with E-state index in [1.165, 1.54) is 7.05 Å². The van der Waals surface area contributed by atoms with E-state index in [9.17, 15) is 9.59 Å². The van der Waals surface area contributed by atoms with E-state index in [2.05, 4.69) is 5.32 Å². The van der Waals surface area contributed by atoms with Crippen molar-refractivity contribution in [2.24, 2.45) is 0 Å². The number of ether oxygens (including phenoxy) is 1. The third kappa shape index (κ3) is 3.57. The third-order valence-corrected chi connectivity index (χ3v) is 4.71. The summed E-state index contributed by atoms with van der Waals surface area (Å²) < 4.78 is 5.70. The summed E-state index contributed by atoms with van der Waals surface area (Å²) in [4.78, 5) is 26.4. The van der Waals surface area contributed by atoms with Gasteiger partial charge in [0.05, 0.1) is 18.7 Å². The van der Waals surface area contributed by atoms with Crippen molar-refractivity contribution in [3.05, 3.63) is 58.1 Å². The molecule has 1 aliphatic rings. The molecule has 0 saturated heterocycles. The van der Waals surface area contributed by atoms with E-state index in [0.29, 0.717) is 27.0 Å². The lowest BCUT2D eigenvalue weighted by molar-refractivity contribution is -0.127. The number of halogens is 2. The van der Waals surface area contributed by atoms with Crippen LogP contribution in [0.25, 0.3) is 0 Å². The zero-order valence-electron chi connectivity index (χ0n) is 13.5. The van der Waals surface area contributed by atoms with Gasteiger partial charge in [0.2, 0.25) is 5.91 Å². The van der Waals surface area contributed by atoms with Crippen molar-refractivity contribution in [2.75, 3.05) is 18.5 Å². The summed E-state index contributed by atoms with van der Waals surface area (Å²) in [6, 6.07) is 12.2. The number of nitrogens with one attached hydrogen (secondary N) is 1. The number of anilines is 1. The number of hydrogen-bond donors (Lipinski definition) is 1. The molecule has 3 rings (SSSR count). The van der Waals surface area contributed by atoms with Crippen LogP contribution in [-0.4, -0.2) is 31.5 Å². The van der Waals surface area contributed by atoms with Gasteiger partial charge in [0, 0.05) is 17.1 Å². The molecule has 130 valence electrons. The zero-order chi connectivity index (χ0) is 18.0. The van der Waals surface area contributed by atoms with Gasteiger partial charge in [-0.25, -0.2) is 0 Å². The average Bonchev–Trinajstić information content (AvgIpc) is 2.63. The number of benzene rings is 2. The highest BCUT2D eigenvalue weighted by Gasteiger charge is 2.33. The van der Waals surface area contributed by atoms with E-state index < -0.39 is 6.10 Å². The standard InChI is InChI=1S/C18H16Cl2N2O3/c1-21-18(24)16-10-22(14-7-2-3-8-15(14)25-16)17(23)9-11-12(19)5-4-6-13(11)20/h2-8,16H,9-10H2,1H3,(H,21,24). The van der Waals surface area contributed by atoms with Crippen LogP contribution in [0.2, 0.25) is 10.0 Å². The highest BCUT2D eigenvalue weighted by molar-refractivity contribution is 6.36. The van der Waals surface area contributed by atoms with Crippen molar-refractivity contribution < 1.29 is 14.3 Å². The molecule has 25 heavy (non-hydrogen) atoms. The quantitative estimate of drug-likeness (QED) is 0.892.